The van der Waals surface area contributed by atoms with E-state index in [0.29, 0.717) is 4.88 Å². The highest BCUT2D eigenvalue weighted by Gasteiger charge is 2.19. The van der Waals surface area contributed by atoms with Gasteiger partial charge in [-0.25, -0.2) is 4.98 Å². The van der Waals surface area contributed by atoms with Gasteiger partial charge in [0, 0.05) is 43.1 Å². The Hall–Kier alpha value is -2.70. The van der Waals surface area contributed by atoms with Crippen molar-refractivity contribution in [1.29, 1.82) is 0 Å². The van der Waals surface area contributed by atoms with Gasteiger partial charge in [0.1, 0.15) is 9.88 Å². The lowest BCUT2D eigenvalue weighted by atomic mass is 10.1. The smallest absolute Gasteiger partial charge is 0.267 e. The number of carbonyl (C=O) groups excluding carboxylic acids is 1. The van der Waals surface area contributed by atoms with Gasteiger partial charge in [-0.15, -0.1) is 11.3 Å². The first-order valence-electron chi connectivity index (χ1n) is 10.5. The molecule has 4 rings (SSSR count). The minimum Gasteiger partial charge on any atom is -0.369 e. The van der Waals surface area contributed by atoms with Crippen LogP contribution < -0.4 is 10.2 Å². The van der Waals surface area contributed by atoms with Crippen LogP contribution in [0.1, 0.15) is 27.9 Å². The van der Waals surface area contributed by atoms with E-state index in [4.69, 9.17) is 0 Å². The number of benzene rings is 2. The van der Waals surface area contributed by atoms with Crippen molar-refractivity contribution in [2.75, 3.05) is 42.9 Å². The van der Waals surface area contributed by atoms with Crippen LogP contribution in [-0.2, 0) is 0 Å². The Morgan fingerprint density at radius 1 is 1.07 bits per heavy atom. The highest BCUT2D eigenvalue weighted by atomic mass is 32.1. The summed E-state index contributed by atoms with van der Waals surface area (Å²) in [6, 6.07) is 16.2. The van der Waals surface area contributed by atoms with Gasteiger partial charge in [0.25, 0.3) is 5.91 Å². The fourth-order valence-electron chi connectivity index (χ4n) is 3.89. The van der Waals surface area contributed by atoms with Gasteiger partial charge in [0.05, 0.1) is 5.69 Å². The zero-order chi connectivity index (χ0) is 21.1. The summed E-state index contributed by atoms with van der Waals surface area (Å²) < 4.78 is 0. The van der Waals surface area contributed by atoms with Crippen LogP contribution in [0.3, 0.4) is 0 Å². The number of nitrogens with zero attached hydrogens (tertiary/aromatic N) is 3. The van der Waals surface area contributed by atoms with Crippen molar-refractivity contribution in [2.24, 2.45) is 0 Å². The van der Waals surface area contributed by atoms with Gasteiger partial charge >= 0.3 is 0 Å². The van der Waals surface area contributed by atoms with Crippen LogP contribution in [0.2, 0.25) is 0 Å². The topological polar surface area (TPSA) is 48.5 Å². The van der Waals surface area contributed by atoms with Gasteiger partial charge in [-0.1, -0.05) is 37.3 Å². The molecule has 2 heterocycles. The van der Waals surface area contributed by atoms with Crippen LogP contribution in [0, 0.1) is 13.8 Å². The van der Waals surface area contributed by atoms with Crippen LogP contribution in [0.5, 0.6) is 0 Å². The van der Waals surface area contributed by atoms with Crippen LogP contribution in [0.4, 0.5) is 11.4 Å². The second-order valence-electron chi connectivity index (χ2n) is 7.68. The maximum atomic E-state index is 12.9. The summed E-state index contributed by atoms with van der Waals surface area (Å²) in [5, 5.41) is 3.93. The first-order chi connectivity index (χ1) is 14.5. The van der Waals surface area contributed by atoms with E-state index in [1.54, 1.807) is 0 Å². The Kier molecular flexibility index (Phi) is 6.16. The van der Waals surface area contributed by atoms with Gasteiger partial charge < -0.3 is 15.1 Å². The Bertz CT molecular complexity index is 1020. The molecule has 1 fully saturated rings. The molecule has 2 aromatic carbocycles. The maximum absolute atomic E-state index is 12.9. The Balaban J connectivity index is 1.46. The van der Waals surface area contributed by atoms with E-state index in [1.807, 2.05) is 43.3 Å². The molecular weight excluding hydrogens is 392 g/mol. The van der Waals surface area contributed by atoms with E-state index in [2.05, 4.69) is 46.1 Å². The average Bonchev–Trinajstić information content (AvgIpc) is 3.16. The molecule has 30 heavy (non-hydrogen) atoms. The molecule has 1 aliphatic rings. The fraction of sp³-hybridized carbons (Fsp3) is 0.333. The van der Waals surface area contributed by atoms with E-state index in [-0.39, 0.29) is 5.91 Å². The molecule has 0 radical (unpaired) electrons. The molecule has 1 N–H and O–H groups in total. The number of rotatable bonds is 5. The van der Waals surface area contributed by atoms with Crippen LogP contribution in [0.15, 0.2) is 48.5 Å². The number of hydrogen-bond donors (Lipinski definition) is 1. The van der Waals surface area contributed by atoms with Crippen LogP contribution >= 0.6 is 11.3 Å². The lowest BCUT2D eigenvalue weighted by Gasteiger charge is -2.36. The molecule has 1 aromatic heterocycles. The molecule has 0 spiro atoms. The summed E-state index contributed by atoms with van der Waals surface area (Å²) in [5.41, 5.74) is 5.06. The van der Waals surface area contributed by atoms with Gasteiger partial charge in [0.2, 0.25) is 0 Å². The molecule has 0 atom stereocenters. The molecule has 1 saturated heterocycles. The normalized spacial score (nSPS) is 14.7. The van der Waals surface area contributed by atoms with Gasteiger partial charge in [-0.2, -0.15) is 0 Å². The molecule has 1 aliphatic heterocycles. The monoisotopic (exact) mass is 420 g/mol. The third kappa shape index (κ3) is 4.40. The number of anilines is 2. The minimum atomic E-state index is -0.101. The SMILES string of the molecule is CCN1CCN(c2ccc(NC(=O)c3sc(-c4ccccc4)nc3C)cc2C)CC1. The molecule has 0 bridgehead atoms. The molecule has 3 aromatic rings. The number of aromatic nitrogens is 1. The maximum Gasteiger partial charge on any atom is 0.267 e. The molecule has 0 unspecified atom stereocenters. The zero-order valence-corrected chi connectivity index (χ0v) is 18.6. The Morgan fingerprint density at radius 3 is 2.47 bits per heavy atom. The van der Waals surface area contributed by atoms with Crippen molar-refractivity contribution in [2.45, 2.75) is 20.8 Å². The third-order valence-corrected chi connectivity index (χ3v) is 6.84. The van der Waals surface area contributed by atoms with Crippen molar-refractivity contribution in [1.82, 2.24) is 9.88 Å². The molecule has 5 nitrogen and oxygen atoms in total. The summed E-state index contributed by atoms with van der Waals surface area (Å²) in [6.07, 6.45) is 0. The molecule has 6 heteroatoms. The van der Waals surface area contributed by atoms with E-state index in [9.17, 15) is 4.79 Å². The van der Waals surface area contributed by atoms with Crippen molar-refractivity contribution in [3.63, 3.8) is 0 Å². The van der Waals surface area contributed by atoms with Gasteiger partial charge in [0.15, 0.2) is 0 Å². The lowest BCUT2D eigenvalue weighted by molar-refractivity contribution is 0.103. The predicted molar refractivity (Wildman–Crippen MR) is 126 cm³/mol. The number of hydrogen-bond acceptors (Lipinski definition) is 5. The van der Waals surface area contributed by atoms with Crippen molar-refractivity contribution in [3.8, 4) is 10.6 Å². The first-order valence-corrected chi connectivity index (χ1v) is 11.3. The molecular formula is C24H28N4OS. The first kappa shape index (κ1) is 20.6. The number of nitrogens with one attached hydrogen (secondary N) is 1. The van der Waals surface area contributed by atoms with E-state index >= 15 is 0 Å². The standard InChI is InChI=1S/C24H28N4OS/c1-4-27-12-14-28(15-13-27)21-11-10-20(16-17(21)2)26-23(29)22-18(3)25-24(30-22)19-8-6-5-7-9-19/h5-11,16H,4,12-15H2,1-3H3,(H,26,29). The Labute approximate surface area is 182 Å². The second kappa shape index (κ2) is 8.98. The fourth-order valence-corrected chi connectivity index (χ4v) is 4.86. The number of amides is 1. The molecule has 1 amide bonds. The lowest BCUT2D eigenvalue weighted by Crippen LogP contribution is -2.46. The van der Waals surface area contributed by atoms with E-state index in [1.165, 1.54) is 22.6 Å². The molecule has 156 valence electrons. The number of thiazole rings is 1. The van der Waals surface area contributed by atoms with Gasteiger partial charge in [-0.05, 0) is 44.2 Å². The number of piperazine rings is 1. The summed E-state index contributed by atoms with van der Waals surface area (Å²) in [4.78, 5) is 23.1. The van der Waals surface area contributed by atoms with Crippen molar-refractivity contribution < 1.29 is 4.79 Å². The van der Waals surface area contributed by atoms with Crippen LogP contribution in [-0.4, -0.2) is 48.5 Å². The highest BCUT2D eigenvalue weighted by Crippen LogP contribution is 2.29. The Morgan fingerprint density at radius 2 is 1.80 bits per heavy atom. The van der Waals surface area contributed by atoms with Crippen molar-refractivity contribution >= 4 is 28.6 Å². The summed E-state index contributed by atoms with van der Waals surface area (Å²) >= 11 is 1.44. The van der Waals surface area contributed by atoms with E-state index < -0.39 is 0 Å². The highest BCUT2D eigenvalue weighted by molar-refractivity contribution is 7.17. The summed E-state index contributed by atoms with van der Waals surface area (Å²) in [6.45, 7) is 11.6. The summed E-state index contributed by atoms with van der Waals surface area (Å²) in [7, 11) is 0. The molecule has 0 aliphatic carbocycles. The van der Waals surface area contributed by atoms with E-state index in [0.717, 1.165) is 54.7 Å². The van der Waals surface area contributed by atoms with Crippen molar-refractivity contribution in [3.05, 3.63) is 64.7 Å². The van der Waals surface area contributed by atoms with Gasteiger partial charge in [-0.3, -0.25) is 4.79 Å². The number of aryl methyl sites for hydroxylation is 2. The second-order valence-corrected chi connectivity index (χ2v) is 8.68. The quantitative estimate of drug-likeness (QED) is 0.643. The zero-order valence-electron chi connectivity index (χ0n) is 17.8. The third-order valence-electron chi connectivity index (χ3n) is 5.64. The predicted octanol–water partition coefficient (Wildman–Crippen LogP) is 4.82. The minimum absolute atomic E-state index is 0.101. The number of likely N-dealkylation sites (N-methyl/N-ethyl adjacent to an activating group) is 1. The molecule has 0 saturated carbocycles. The largest absolute Gasteiger partial charge is 0.369 e. The average molecular weight is 421 g/mol. The number of carbonyl (C=O) groups is 1. The summed E-state index contributed by atoms with van der Waals surface area (Å²) in [5.74, 6) is -0.101. The van der Waals surface area contributed by atoms with Crippen LogP contribution in [0.25, 0.3) is 10.6 Å².